The summed E-state index contributed by atoms with van der Waals surface area (Å²) in [5.41, 5.74) is 2.32. The normalized spacial score (nSPS) is 11.4. The van der Waals surface area contributed by atoms with E-state index < -0.39 is 10.2 Å². The van der Waals surface area contributed by atoms with Crippen LogP contribution >= 0.6 is 0 Å². The number of nitrogens with zero attached hydrogens (tertiary/aromatic N) is 4. The average Bonchev–Trinajstić information content (AvgIpc) is 2.96. The minimum Gasteiger partial charge on any atom is -0.293 e. The molecule has 28 heavy (non-hydrogen) atoms. The second-order valence-electron chi connectivity index (χ2n) is 6.21. The molecule has 0 aliphatic carbocycles. The zero-order valence-corrected chi connectivity index (χ0v) is 16.3. The van der Waals surface area contributed by atoms with Crippen molar-refractivity contribution in [1.82, 2.24) is 19.1 Å². The lowest BCUT2D eigenvalue weighted by Crippen LogP contribution is -2.29. The van der Waals surface area contributed by atoms with Crippen molar-refractivity contribution in [2.75, 3.05) is 18.8 Å². The number of hydrogen-bond acceptors (Lipinski definition) is 4. The molecule has 0 unspecified atom stereocenters. The second-order valence-corrected chi connectivity index (χ2v) is 8.09. The predicted molar refractivity (Wildman–Crippen MR) is 107 cm³/mol. The van der Waals surface area contributed by atoms with Gasteiger partial charge in [0, 0.05) is 19.8 Å². The molecule has 0 bridgehead atoms. The van der Waals surface area contributed by atoms with Gasteiger partial charge < -0.3 is 0 Å². The highest BCUT2D eigenvalue weighted by Crippen LogP contribution is 2.23. The van der Waals surface area contributed by atoms with Gasteiger partial charge in [0.15, 0.2) is 11.5 Å². The number of benzene rings is 1. The van der Waals surface area contributed by atoms with Crippen LogP contribution < -0.4 is 10.3 Å². The molecule has 10 heteroatoms. The van der Waals surface area contributed by atoms with E-state index in [0.29, 0.717) is 28.3 Å². The third-order valence-electron chi connectivity index (χ3n) is 4.06. The Labute approximate surface area is 162 Å². The summed E-state index contributed by atoms with van der Waals surface area (Å²) in [5, 5.41) is 2.98. The first-order valence-electron chi connectivity index (χ1n) is 8.19. The molecule has 0 saturated heterocycles. The van der Waals surface area contributed by atoms with Gasteiger partial charge >= 0.3 is 10.2 Å². The standard InChI is InChI=1S/C18H18N6O3S/c1-12-17(13-5-7-14(19-2)8-6-13)18(25)24(21-12)16-10-9-15(11-20-16)22-28(26,27)23(3)4/h5-11,21-22H,1,3-4H3. The molecule has 0 aliphatic rings. The quantitative estimate of drug-likeness (QED) is 0.644. The smallest absolute Gasteiger partial charge is 0.293 e. The van der Waals surface area contributed by atoms with E-state index in [0.717, 1.165) is 4.31 Å². The maximum absolute atomic E-state index is 12.9. The third kappa shape index (κ3) is 3.66. The minimum atomic E-state index is -3.64. The number of rotatable bonds is 5. The summed E-state index contributed by atoms with van der Waals surface area (Å²) in [5.74, 6) is 0.324. The summed E-state index contributed by atoms with van der Waals surface area (Å²) >= 11 is 0. The van der Waals surface area contributed by atoms with E-state index in [9.17, 15) is 13.2 Å². The van der Waals surface area contributed by atoms with Crippen LogP contribution in [-0.4, -0.2) is 41.6 Å². The zero-order valence-electron chi connectivity index (χ0n) is 15.5. The van der Waals surface area contributed by atoms with Gasteiger partial charge in [0.1, 0.15) is 0 Å². The fraction of sp³-hybridized carbons (Fsp3) is 0.167. The van der Waals surface area contributed by atoms with Crippen molar-refractivity contribution in [3.63, 3.8) is 0 Å². The molecule has 0 atom stereocenters. The van der Waals surface area contributed by atoms with Crippen LogP contribution in [-0.2, 0) is 10.2 Å². The van der Waals surface area contributed by atoms with Gasteiger partial charge in [0.25, 0.3) is 5.56 Å². The Kier molecular flexibility index (Phi) is 5.04. The summed E-state index contributed by atoms with van der Waals surface area (Å²) in [4.78, 5) is 20.4. The Morgan fingerprint density at radius 1 is 1.18 bits per heavy atom. The van der Waals surface area contributed by atoms with Crippen molar-refractivity contribution in [3.8, 4) is 16.9 Å². The van der Waals surface area contributed by atoms with Gasteiger partial charge in [-0.2, -0.15) is 12.7 Å². The number of hydrogen-bond donors (Lipinski definition) is 2. The largest absolute Gasteiger partial charge is 0.301 e. The highest BCUT2D eigenvalue weighted by molar-refractivity contribution is 7.90. The van der Waals surface area contributed by atoms with Gasteiger partial charge in [0.05, 0.1) is 24.0 Å². The van der Waals surface area contributed by atoms with E-state index in [1.165, 1.54) is 37.1 Å². The zero-order chi connectivity index (χ0) is 20.5. The minimum absolute atomic E-state index is 0.281. The van der Waals surface area contributed by atoms with Crippen LogP contribution in [0.3, 0.4) is 0 Å². The van der Waals surface area contributed by atoms with E-state index in [4.69, 9.17) is 6.57 Å². The number of aryl methyl sites for hydroxylation is 1. The van der Waals surface area contributed by atoms with E-state index in [-0.39, 0.29) is 11.2 Å². The molecule has 2 heterocycles. The maximum Gasteiger partial charge on any atom is 0.301 e. The van der Waals surface area contributed by atoms with Gasteiger partial charge in [-0.25, -0.2) is 14.5 Å². The van der Waals surface area contributed by atoms with E-state index in [1.54, 1.807) is 31.2 Å². The summed E-state index contributed by atoms with van der Waals surface area (Å²) in [6, 6.07) is 9.82. The lowest BCUT2D eigenvalue weighted by Gasteiger charge is -2.13. The number of H-pyrrole nitrogens is 1. The maximum atomic E-state index is 12.9. The molecule has 1 aromatic carbocycles. The van der Waals surface area contributed by atoms with E-state index in [1.807, 2.05) is 0 Å². The number of anilines is 1. The van der Waals surface area contributed by atoms with Crippen molar-refractivity contribution in [1.29, 1.82) is 0 Å². The molecular weight excluding hydrogens is 380 g/mol. The van der Waals surface area contributed by atoms with Gasteiger partial charge in [-0.05, 0) is 24.6 Å². The fourth-order valence-electron chi connectivity index (χ4n) is 2.57. The lowest BCUT2D eigenvalue weighted by atomic mass is 10.1. The molecule has 2 N–H and O–H groups in total. The Bertz CT molecular complexity index is 1200. The molecule has 0 saturated carbocycles. The molecule has 0 spiro atoms. The van der Waals surface area contributed by atoms with Crippen molar-refractivity contribution in [2.24, 2.45) is 0 Å². The van der Waals surface area contributed by atoms with Gasteiger partial charge in [-0.3, -0.25) is 14.6 Å². The van der Waals surface area contributed by atoms with Gasteiger partial charge in [-0.15, -0.1) is 0 Å². The van der Waals surface area contributed by atoms with Crippen molar-refractivity contribution < 1.29 is 8.42 Å². The molecular formula is C18H18N6O3S. The van der Waals surface area contributed by atoms with Crippen LogP contribution in [0.25, 0.3) is 21.8 Å². The van der Waals surface area contributed by atoms with Gasteiger partial charge in [-0.1, -0.05) is 24.3 Å². The predicted octanol–water partition coefficient (Wildman–Crippen LogP) is 2.31. The first kappa shape index (κ1) is 19.3. The molecule has 144 valence electrons. The van der Waals surface area contributed by atoms with Crippen LogP contribution in [0.1, 0.15) is 5.69 Å². The van der Waals surface area contributed by atoms with Crippen LogP contribution in [0.2, 0.25) is 0 Å². The first-order valence-corrected chi connectivity index (χ1v) is 9.63. The molecule has 0 fully saturated rings. The molecule has 9 nitrogen and oxygen atoms in total. The Morgan fingerprint density at radius 2 is 1.86 bits per heavy atom. The lowest BCUT2D eigenvalue weighted by molar-refractivity contribution is 0.527. The topological polar surface area (TPSA) is 104 Å². The molecule has 3 rings (SSSR count). The number of pyridine rings is 1. The molecule has 3 aromatic rings. The van der Waals surface area contributed by atoms with Crippen LogP contribution in [0.4, 0.5) is 11.4 Å². The first-order chi connectivity index (χ1) is 13.2. The number of aromatic amines is 1. The Hall–Kier alpha value is -3.42. The summed E-state index contributed by atoms with van der Waals surface area (Å²) in [7, 11) is -0.807. The van der Waals surface area contributed by atoms with Gasteiger partial charge in [0.2, 0.25) is 0 Å². The summed E-state index contributed by atoms with van der Waals surface area (Å²) in [6.07, 6.45) is 1.34. The second kappa shape index (κ2) is 7.30. The van der Waals surface area contributed by atoms with Crippen molar-refractivity contribution >= 4 is 21.6 Å². The highest BCUT2D eigenvalue weighted by atomic mass is 32.2. The Balaban J connectivity index is 1.95. The molecule has 0 aliphatic heterocycles. The monoisotopic (exact) mass is 398 g/mol. The van der Waals surface area contributed by atoms with Crippen molar-refractivity contribution in [3.05, 3.63) is 70.1 Å². The highest BCUT2D eigenvalue weighted by Gasteiger charge is 2.16. The number of nitrogens with one attached hydrogen (secondary N) is 2. The summed E-state index contributed by atoms with van der Waals surface area (Å²) < 4.78 is 28.4. The van der Waals surface area contributed by atoms with Crippen LogP contribution in [0, 0.1) is 13.5 Å². The SMILES string of the molecule is [C-]#[N+]c1ccc(-c2c(C)[nH]n(-c3ccc(NS(=O)(=O)N(C)C)cn3)c2=O)cc1. The summed E-state index contributed by atoms with van der Waals surface area (Å²) in [6.45, 7) is 8.79. The van der Waals surface area contributed by atoms with Crippen LogP contribution in [0.5, 0.6) is 0 Å². The Morgan fingerprint density at radius 3 is 2.39 bits per heavy atom. The van der Waals surface area contributed by atoms with E-state index in [2.05, 4.69) is 19.6 Å². The number of aromatic nitrogens is 3. The van der Waals surface area contributed by atoms with E-state index >= 15 is 0 Å². The molecule has 0 amide bonds. The fourth-order valence-corrected chi connectivity index (χ4v) is 3.17. The average molecular weight is 398 g/mol. The third-order valence-corrected chi connectivity index (χ3v) is 5.52. The van der Waals surface area contributed by atoms with Crippen LogP contribution in [0.15, 0.2) is 47.4 Å². The molecule has 0 radical (unpaired) electrons. The molecule has 2 aromatic heterocycles. The van der Waals surface area contributed by atoms with Crippen molar-refractivity contribution in [2.45, 2.75) is 6.92 Å².